The van der Waals surface area contributed by atoms with E-state index in [0.29, 0.717) is 11.1 Å². The molecule has 0 fully saturated rings. The number of hydrogen-bond donors (Lipinski definition) is 4. The van der Waals surface area contributed by atoms with Crippen LogP contribution in [-0.2, 0) is 26.4 Å². The summed E-state index contributed by atoms with van der Waals surface area (Å²) in [5, 5.41) is 35.0. The number of carbonyl (C=O) groups is 2. The fraction of sp³-hybridized carbons (Fsp3) is 0.111. The van der Waals surface area contributed by atoms with Crippen LogP contribution in [0.3, 0.4) is 0 Å². The third-order valence-corrected chi connectivity index (χ3v) is 2.79. The molecule has 0 heterocycles. The smallest absolute Gasteiger partial charge is 0.325 e. The van der Waals surface area contributed by atoms with E-state index in [0.717, 1.165) is 0 Å². The van der Waals surface area contributed by atoms with E-state index in [1.807, 2.05) is 0 Å². The van der Waals surface area contributed by atoms with Crippen molar-refractivity contribution in [3.05, 3.63) is 59.7 Å². The predicted octanol–water partition coefficient (Wildman–Crippen LogP) is 1.79. The number of phenols is 2. The van der Waals surface area contributed by atoms with Gasteiger partial charge in [-0.1, -0.05) is 24.3 Å². The molecule has 2 aromatic rings. The number of carboxylic acids is 2. The van der Waals surface area contributed by atoms with Gasteiger partial charge in [0.25, 0.3) is 0 Å². The van der Waals surface area contributed by atoms with Gasteiger partial charge in [0.05, 0.1) is 0 Å². The number of hydrogen-bond acceptors (Lipinski definition) is 6. The number of aliphatic carboxylic acids is 2. The van der Waals surface area contributed by atoms with Crippen LogP contribution in [0.15, 0.2) is 58.5 Å². The van der Waals surface area contributed by atoms with Gasteiger partial charge in [-0.2, -0.15) is 0 Å². The maximum absolute atomic E-state index is 10.1. The zero-order chi connectivity index (χ0) is 19.4. The second kappa shape index (κ2) is 13.1. The van der Waals surface area contributed by atoms with Crippen molar-refractivity contribution < 1.29 is 46.8 Å². The summed E-state index contributed by atoms with van der Waals surface area (Å²) in [4.78, 5) is 27.4. The van der Waals surface area contributed by atoms with Crippen molar-refractivity contribution in [1.82, 2.24) is 0 Å². The molecule has 0 aliphatic rings. The molecule has 4 N–H and O–H groups in total. The van der Waals surface area contributed by atoms with Crippen LogP contribution in [0.5, 0.6) is 11.5 Å². The van der Waals surface area contributed by atoms with Crippen LogP contribution in [0.4, 0.5) is 0 Å². The normalized spacial score (nSPS) is 10.1. The Morgan fingerprint density at radius 3 is 1.37 bits per heavy atom. The zero-order valence-corrected chi connectivity index (χ0v) is 15.1. The summed E-state index contributed by atoms with van der Waals surface area (Å²) in [6, 6.07) is 13.2. The SMILES string of the molecule is O=C(O)CN=Cc1ccccc1O.O=C(O)CN=Cc1ccccc1O.[Co]. The summed E-state index contributed by atoms with van der Waals surface area (Å²) in [6.07, 6.45) is 2.67. The Morgan fingerprint density at radius 2 is 1.07 bits per heavy atom. The van der Waals surface area contributed by atoms with E-state index in [2.05, 4.69) is 9.98 Å². The van der Waals surface area contributed by atoms with Crippen LogP contribution >= 0.6 is 0 Å². The van der Waals surface area contributed by atoms with Crippen molar-refractivity contribution in [2.24, 2.45) is 9.98 Å². The van der Waals surface area contributed by atoms with E-state index in [1.54, 1.807) is 36.4 Å². The molecule has 0 atom stereocenters. The van der Waals surface area contributed by atoms with Gasteiger partial charge >= 0.3 is 11.9 Å². The van der Waals surface area contributed by atoms with Crippen LogP contribution in [0, 0.1) is 0 Å². The molecule has 0 amide bonds. The molecule has 145 valence electrons. The average molecular weight is 417 g/mol. The number of aliphatic imine (C=N–C) groups is 2. The molecule has 0 saturated heterocycles. The second-order valence-corrected chi connectivity index (χ2v) is 4.84. The predicted molar refractivity (Wildman–Crippen MR) is 96.4 cm³/mol. The topological polar surface area (TPSA) is 140 Å². The van der Waals surface area contributed by atoms with Gasteiger partial charge in [-0.25, -0.2) is 0 Å². The van der Waals surface area contributed by atoms with Crippen LogP contribution in [0.1, 0.15) is 11.1 Å². The van der Waals surface area contributed by atoms with Gasteiger partial charge in [0.15, 0.2) is 0 Å². The molecule has 0 aliphatic heterocycles. The minimum atomic E-state index is -0.994. The zero-order valence-electron chi connectivity index (χ0n) is 14.0. The Balaban J connectivity index is 0.000000483. The van der Waals surface area contributed by atoms with E-state index in [-0.39, 0.29) is 41.4 Å². The molecule has 0 aromatic heterocycles. The standard InChI is InChI=1S/2C9H9NO3.Co/c2*11-8-4-2-1-3-7(8)5-10-6-9(12)13;/h2*1-5,11H,6H2,(H,12,13);. The van der Waals surface area contributed by atoms with Crippen molar-refractivity contribution in [2.75, 3.05) is 13.1 Å². The van der Waals surface area contributed by atoms with E-state index >= 15 is 0 Å². The molecule has 9 heteroatoms. The molecular formula is C18H18CoN2O6. The van der Waals surface area contributed by atoms with E-state index in [4.69, 9.17) is 10.2 Å². The summed E-state index contributed by atoms with van der Waals surface area (Å²) >= 11 is 0. The van der Waals surface area contributed by atoms with Gasteiger partial charge < -0.3 is 20.4 Å². The number of rotatable bonds is 6. The largest absolute Gasteiger partial charge is 0.507 e. The third kappa shape index (κ3) is 10.4. The minimum Gasteiger partial charge on any atom is -0.507 e. The van der Waals surface area contributed by atoms with Gasteiger partial charge in [-0.05, 0) is 24.3 Å². The molecular weight excluding hydrogens is 399 g/mol. The number of phenolic OH excluding ortho intramolecular Hbond substituents is 2. The van der Waals surface area contributed by atoms with E-state index < -0.39 is 11.9 Å². The monoisotopic (exact) mass is 417 g/mol. The van der Waals surface area contributed by atoms with Crippen LogP contribution in [0.25, 0.3) is 0 Å². The molecule has 27 heavy (non-hydrogen) atoms. The van der Waals surface area contributed by atoms with Gasteiger partial charge in [0, 0.05) is 40.3 Å². The van der Waals surface area contributed by atoms with Gasteiger partial charge in [-0.3, -0.25) is 19.6 Å². The Hall–Kier alpha value is -3.17. The first-order valence-corrected chi connectivity index (χ1v) is 7.39. The first-order valence-electron chi connectivity index (χ1n) is 7.39. The summed E-state index contributed by atoms with van der Waals surface area (Å²) in [6.45, 7) is -0.567. The number of aromatic hydroxyl groups is 2. The molecule has 2 aromatic carbocycles. The summed E-state index contributed by atoms with van der Waals surface area (Å²) in [7, 11) is 0. The molecule has 8 nitrogen and oxygen atoms in total. The van der Waals surface area contributed by atoms with E-state index in [1.165, 1.54) is 24.6 Å². The fourth-order valence-corrected chi connectivity index (χ4v) is 1.64. The quantitative estimate of drug-likeness (QED) is 0.529. The number of benzene rings is 2. The Labute approximate surface area is 165 Å². The first kappa shape index (κ1) is 23.8. The van der Waals surface area contributed by atoms with Gasteiger partial charge in [0.2, 0.25) is 0 Å². The number of para-hydroxylation sites is 2. The second-order valence-electron chi connectivity index (χ2n) is 4.84. The maximum Gasteiger partial charge on any atom is 0.325 e. The number of nitrogens with zero attached hydrogens (tertiary/aromatic N) is 2. The minimum absolute atomic E-state index is 0. The van der Waals surface area contributed by atoms with Crippen molar-refractivity contribution in [1.29, 1.82) is 0 Å². The summed E-state index contributed by atoms with van der Waals surface area (Å²) in [5.74, 6) is -1.80. The Kier molecular flexibility index (Phi) is 11.5. The molecule has 0 bridgehead atoms. The van der Waals surface area contributed by atoms with Crippen molar-refractivity contribution in [3.8, 4) is 11.5 Å². The average Bonchev–Trinajstić information content (AvgIpc) is 2.58. The molecule has 0 saturated carbocycles. The maximum atomic E-state index is 10.1. The van der Waals surface area contributed by atoms with Crippen molar-refractivity contribution in [3.63, 3.8) is 0 Å². The molecule has 0 unspecified atom stereocenters. The van der Waals surface area contributed by atoms with Crippen molar-refractivity contribution >= 4 is 24.4 Å². The Morgan fingerprint density at radius 1 is 0.741 bits per heavy atom. The third-order valence-electron chi connectivity index (χ3n) is 2.79. The van der Waals surface area contributed by atoms with Gasteiger partial charge in [0.1, 0.15) is 24.6 Å². The molecule has 0 aliphatic carbocycles. The summed E-state index contributed by atoms with van der Waals surface area (Å²) < 4.78 is 0. The van der Waals surface area contributed by atoms with Crippen LogP contribution in [-0.4, -0.2) is 57.9 Å². The van der Waals surface area contributed by atoms with Crippen LogP contribution < -0.4 is 0 Å². The molecule has 1 radical (unpaired) electrons. The number of carboxylic acid groups (broad SMARTS) is 2. The fourth-order valence-electron chi connectivity index (χ4n) is 1.64. The summed E-state index contributed by atoms with van der Waals surface area (Å²) in [5.41, 5.74) is 1.03. The van der Waals surface area contributed by atoms with Gasteiger partial charge in [-0.15, -0.1) is 0 Å². The molecule has 2 rings (SSSR count). The van der Waals surface area contributed by atoms with Crippen LogP contribution in [0.2, 0.25) is 0 Å². The van der Waals surface area contributed by atoms with Crippen molar-refractivity contribution in [2.45, 2.75) is 0 Å². The van der Waals surface area contributed by atoms with E-state index in [9.17, 15) is 19.8 Å². The Bertz CT molecular complexity index is 740. The molecule has 0 spiro atoms. The first-order chi connectivity index (χ1) is 12.4.